The van der Waals surface area contributed by atoms with Crippen molar-refractivity contribution in [3.05, 3.63) is 15.9 Å². The molecule has 0 fully saturated rings. The van der Waals surface area contributed by atoms with Gasteiger partial charge >= 0.3 is 6.03 Å². The van der Waals surface area contributed by atoms with E-state index >= 15 is 0 Å². The van der Waals surface area contributed by atoms with Crippen molar-refractivity contribution in [2.75, 3.05) is 27.2 Å². The van der Waals surface area contributed by atoms with Crippen molar-refractivity contribution >= 4 is 43.3 Å². The fourth-order valence-electron chi connectivity index (χ4n) is 1.05. The Balaban J connectivity index is 2.45. The van der Waals surface area contributed by atoms with Crippen molar-refractivity contribution < 1.29 is 13.2 Å². The highest BCUT2D eigenvalue weighted by molar-refractivity contribution is 9.10. The maximum Gasteiger partial charge on any atom is 0.316 e. The number of carbonyl (C=O) groups is 1. The van der Waals surface area contributed by atoms with E-state index in [0.29, 0.717) is 4.47 Å². The molecule has 0 aliphatic rings. The number of carbonyl (C=O) groups excluding carboxylic acids is 1. The number of halogens is 1. The van der Waals surface area contributed by atoms with Crippen LogP contribution in [-0.4, -0.2) is 46.5 Å². The first-order valence-electron chi connectivity index (χ1n) is 5.02. The summed E-state index contributed by atoms with van der Waals surface area (Å²) in [6, 6.07) is 1.42. The Morgan fingerprint density at radius 3 is 2.61 bits per heavy atom. The number of hydrogen-bond acceptors (Lipinski definition) is 4. The van der Waals surface area contributed by atoms with E-state index in [0.717, 1.165) is 11.3 Å². The summed E-state index contributed by atoms with van der Waals surface area (Å²) in [7, 11) is -0.282. The Hall–Kier alpha value is -0.640. The van der Waals surface area contributed by atoms with Gasteiger partial charge in [-0.15, -0.1) is 11.3 Å². The van der Waals surface area contributed by atoms with E-state index in [2.05, 4.69) is 26.0 Å². The Morgan fingerprint density at radius 1 is 1.44 bits per heavy atom. The fraction of sp³-hybridized carbons (Fsp3) is 0.444. The minimum atomic E-state index is -3.51. The molecular weight excluding hydrogens is 342 g/mol. The number of hydrogen-bond donors (Lipinski definition) is 2. The average Bonchev–Trinajstić information content (AvgIpc) is 2.71. The quantitative estimate of drug-likeness (QED) is 0.775. The SMILES string of the molecule is CN(C)C(=O)NCCNS(=O)(=O)c1sccc1Br. The van der Waals surface area contributed by atoms with E-state index in [1.54, 1.807) is 25.5 Å². The number of thiophene rings is 1. The molecule has 0 saturated heterocycles. The molecule has 6 nitrogen and oxygen atoms in total. The summed E-state index contributed by atoms with van der Waals surface area (Å²) >= 11 is 4.30. The van der Waals surface area contributed by atoms with Crippen LogP contribution >= 0.6 is 27.3 Å². The molecule has 2 amide bonds. The van der Waals surface area contributed by atoms with Crippen LogP contribution in [0.5, 0.6) is 0 Å². The molecule has 9 heteroatoms. The molecule has 0 aromatic carbocycles. The number of urea groups is 1. The Bertz CT molecular complexity index is 513. The largest absolute Gasteiger partial charge is 0.337 e. The van der Waals surface area contributed by atoms with Crippen molar-refractivity contribution in [3.63, 3.8) is 0 Å². The molecule has 102 valence electrons. The first-order valence-corrected chi connectivity index (χ1v) is 8.18. The molecule has 1 rings (SSSR count). The van der Waals surface area contributed by atoms with Gasteiger partial charge in [0.1, 0.15) is 4.21 Å². The smallest absolute Gasteiger partial charge is 0.316 e. The van der Waals surface area contributed by atoms with Gasteiger partial charge in [0.15, 0.2) is 0 Å². The summed E-state index contributed by atoms with van der Waals surface area (Å²) in [6.45, 7) is 0.380. The van der Waals surface area contributed by atoms with Crippen LogP contribution in [0.4, 0.5) is 4.79 Å². The number of sulfonamides is 1. The number of rotatable bonds is 5. The third kappa shape index (κ3) is 4.23. The van der Waals surface area contributed by atoms with Crippen LogP contribution < -0.4 is 10.0 Å². The van der Waals surface area contributed by atoms with E-state index < -0.39 is 10.0 Å². The van der Waals surface area contributed by atoms with Crippen LogP contribution in [0.15, 0.2) is 20.1 Å². The normalized spacial score (nSPS) is 11.3. The second-order valence-corrected chi connectivity index (χ2v) is 7.31. The Morgan fingerprint density at radius 2 is 2.11 bits per heavy atom. The summed E-state index contributed by atoms with van der Waals surface area (Å²) < 4.78 is 26.9. The zero-order valence-electron chi connectivity index (χ0n) is 9.94. The van der Waals surface area contributed by atoms with E-state index in [4.69, 9.17) is 0 Å². The zero-order chi connectivity index (χ0) is 13.8. The standard InChI is InChI=1S/C9H14BrN3O3S2/c1-13(2)9(14)11-4-5-12-18(15,16)8-7(10)3-6-17-8/h3,6,12H,4-5H2,1-2H3,(H,11,14). The van der Waals surface area contributed by atoms with Crippen molar-refractivity contribution in [1.29, 1.82) is 0 Å². The third-order valence-electron chi connectivity index (χ3n) is 1.93. The predicted octanol–water partition coefficient (Wildman–Crippen LogP) is 1.06. The number of nitrogens with one attached hydrogen (secondary N) is 2. The highest BCUT2D eigenvalue weighted by atomic mass is 79.9. The summed E-state index contributed by atoms with van der Waals surface area (Å²) in [6.07, 6.45) is 0. The first-order chi connectivity index (χ1) is 8.34. The first kappa shape index (κ1) is 15.4. The molecule has 0 radical (unpaired) electrons. The van der Waals surface area contributed by atoms with Crippen LogP contribution in [0.25, 0.3) is 0 Å². The van der Waals surface area contributed by atoms with Crippen LogP contribution in [0.2, 0.25) is 0 Å². The molecule has 0 saturated carbocycles. The molecule has 1 aromatic rings. The van der Waals surface area contributed by atoms with Gasteiger partial charge in [-0.05, 0) is 27.4 Å². The maximum atomic E-state index is 11.8. The third-order valence-corrected chi connectivity index (χ3v) is 6.06. The van der Waals surface area contributed by atoms with Gasteiger partial charge in [0, 0.05) is 31.7 Å². The van der Waals surface area contributed by atoms with Gasteiger partial charge in [0.05, 0.1) is 0 Å². The topological polar surface area (TPSA) is 78.5 Å². The minimum Gasteiger partial charge on any atom is -0.337 e. The second-order valence-electron chi connectivity index (χ2n) is 3.58. The monoisotopic (exact) mass is 355 g/mol. The highest BCUT2D eigenvalue weighted by Gasteiger charge is 2.18. The lowest BCUT2D eigenvalue weighted by Gasteiger charge is -2.12. The van der Waals surface area contributed by atoms with Crippen molar-refractivity contribution in [1.82, 2.24) is 14.9 Å². The molecule has 1 heterocycles. The molecule has 2 N–H and O–H groups in total. The van der Waals surface area contributed by atoms with Crippen molar-refractivity contribution in [2.24, 2.45) is 0 Å². The summed E-state index contributed by atoms with van der Waals surface area (Å²) in [5.74, 6) is 0. The van der Waals surface area contributed by atoms with Gasteiger partial charge in [-0.25, -0.2) is 17.9 Å². The lowest BCUT2D eigenvalue weighted by Crippen LogP contribution is -2.39. The zero-order valence-corrected chi connectivity index (χ0v) is 13.2. The predicted molar refractivity (Wildman–Crippen MR) is 74.3 cm³/mol. The Kier molecular flexibility index (Phi) is 5.57. The number of amides is 2. The lowest BCUT2D eigenvalue weighted by molar-refractivity contribution is 0.217. The van der Waals surface area contributed by atoms with Crippen molar-refractivity contribution in [3.8, 4) is 0 Å². The van der Waals surface area contributed by atoms with Crippen LogP contribution in [0.1, 0.15) is 0 Å². The fourth-order valence-corrected chi connectivity index (χ4v) is 4.46. The maximum absolute atomic E-state index is 11.8. The van der Waals surface area contributed by atoms with E-state index in [-0.39, 0.29) is 23.3 Å². The molecule has 0 bridgehead atoms. The number of nitrogens with zero attached hydrogens (tertiary/aromatic N) is 1. The van der Waals surface area contributed by atoms with Gasteiger partial charge in [0.2, 0.25) is 0 Å². The van der Waals surface area contributed by atoms with E-state index in [1.807, 2.05) is 0 Å². The average molecular weight is 356 g/mol. The van der Waals surface area contributed by atoms with Gasteiger partial charge in [-0.2, -0.15) is 0 Å². The molecule has 0 aliphatic heterocycles. The summed E-state index contributed by atoms with van der Waals surface area (Å²) in [5.41, 5.74) is 0. The van der Waals surface area contributed by atoms with Gasteiger partial charge in [-0.3, -0.25) is 0 Å². The van der Waals surface area contributed by atoms with E-state index in [1.165, 1.54) is 4.90 Å². The highest BCUT2D eigenvalue weighted by Crippen LogP contribution is 2.26. The molecule has 0 spiro atoms. The van der Waals surface area contributed by atoms with Gasteiger partial charge in [0.25, 0.3) is 10.0 Å². The Labute approximate surface area is 119 Å². The molecule has 0 atom stereocenters. The molecule has 0 aliphatic carbocycles. The lowest BCUT2D eigenvalue weighted by atomic mass is 10.6. The van der Waals surface area contributed by atoms with Crippen molar-refractivity contribution in [2.45, 2.75) is 4.21 Å². The van der Waals surface area contributed by atoms with Gasteiger partial charge in [-0.1, -0.05) is 0 Å². The second kappa shape index (κ2) is 6.50. The van der Waals surface area contributed by atoms with E-state index in [9.17, 15) is 13.2 Å². The molecule has 0 unspecified atom stereocenters. The molecular formula is C9H14BrN3O3S2. The van der Waals surface area contributed by atoms with Gasteiger partial charge < -0.3 is 10.2 Å². The minimum absolute atomic E-state index is 0.145. The van der Waals surface area contributed by atoms with Crippen LogP contribution in [0, 0.1) is 0 Å². The summed E-state index contributed by atoms with van der Waals surface area (Å²) in [4.78, 5) is 12.6. The van der Waals surface area contributed by atoms with Crippen LogP contribution in [-0.2, 0) is 10.0 Å². The van der Waals surface area contributed by atoms with Crippen LogP contribution in [0.3, 0.4) is 0 Å². The molecule has 1 aromatic heterocycles. The summed E-state index contributed by atoms with van der Waals surface area (Å²) in [5, 5.41) is 4.25. The molecule has 18 heavy (non-hydrogen) atoms.